The second-order valence-electron chi connectivity index (χ2n) is 9.95. The molecular formula is C30H38N4O4S. The molecule has 0 saturated carbocycles. The lowest BCUT2D eigenvalue weighted by Crippen LogP contribution is -2.55. The Hall–Kier alpha value is -3.69. The Labute approximate surface area is 232 Å². The van der Waals surface area contributed by atoms with Gasteiger partial charge in [-0.25, -0.2) is 4.31 Å². The van der Waals surface area contributed by atoms with Gasteiger partial charge < -0.3 is 10.2 Å². The molecule has 0 aromatic heterocycles. The molecule has 0 spiro atoms. The van der Waals surface area contributed by atoms with Gasteiger partial charge in [0.1, 0.15) is 12.6 Å². The maximum absolute atomic E-state index is 14.2. The standard InChI is InChI=1S/C30H38N4O4S/c1-23(2)31-30(36)28(20-25-15-8-6-9-16-25)33(21-26-17-13-12-14-24(26)3)29(35)22-34(39(37,38)32(4)5)27-18-10-7-11-19-27/h6-19,23,28H,20-22H2,1-5H3,(H,31,36)/t28-/m0/s1. The molecule has 3 aromatic carbocycles. The lowest BCUT2D eigenvalue weighted by atomic mass is 10.0. The quantitative estimate of drug-likeness (QED) is 0.372. The van der Waals surface area contributed by atoms with E-state index < -0.39 is 28.7 Å². The molecule has 0 unspecified atom stereocenters. The average molecular weight is 551 g/mol. The van der Waals surface area contributed by atoms with Crippen molar-refractivity contribution in [3.05, 3.63) is 102 Å². The zero-order chi connectivity index (χ0) is 28.6. The Bertz CT molecular complexity index is 1350. The monoisotopic (exact) mass is 550 g/mol. The van der Waals surface area contributed by atoms with Crippen molar-refractivity contribution >= 4 is 27.7 Å². The summed E-state index contributed by atoms with van der Waals surface area (Å²) in [5.41, 5.74) is 3.10. The van der Waals surface area contributed by atoms with E-state index >= 15 is 0 Å². The Kier molecular flexibility index (Phi) is 10.3. The molecule has 1 atom stereocenters. The lowest BCUT2D eigenvalue weighted by Gasteiger charge is -2.35. The fraction of sp³-hybridized carbons (Fsp3) is 0.333. The molecule has 9 heteroatoms. The van der Waals surface area contributed by atoms with E-state index in [9.17, 15) is 18.0 Å². The summed E-state index contributed by atoms with van der Waals surface area (Å²) in [7, 11) is -1.16. The van der Waals surface area contributed by atoms with Gasteiger partial charge in [0, 0.05) is 33.1 Å². The van der Waals surface area contributed by atoms with E-state index in [1.165, 1.54) is 19.0 Å². The van der Waals surface area contributed by atoms with E-state index in [4.69, 9.17) is 0 Å². The highest BCUT2D eigenvalue weighted by molar-refractivity contribution is 7.90. The zero-order valence-corrected chi connectivity index (χ0v) is 24.1. The molecule has 1 N–H and O–H groups in total. The van der Waals surface area contributed by atoms with Gasteiger partial charge in [0.25, 0.3) is 0 Å². The molecule has 3 aromatic rings. The maximum Gasteiger partial charge on any atom is 0.304 e. The largest absolute Gasteiger partial charge is 0.352 e. The van der Waals surface area contributed by atoms with E-state index in [1.807, 2.05) is 75.4 Å². The number of benzene rings is 3. The fourth-order valence-corrected chi connectivity index (χ4v) is 5.27. The topological polar surface area (TPSA) is 90.0 Å². The van der Waals surface area contributed by atoms with Gasteiger partial charge in [-0.3, -0.25) is 9.59 Å². The molecule has 0 aliphatic rings. The number of carbonyl (C=O) groups excluding carboxylic acids is 2. The van der Waals surface area contributed by atoms with Gasteiger partial charge in [0.2, 0.25) is 11.8 Å². The molecule has 39 heavy (non-hydrogen) atoms. The molecule has 0 radical (unpaired) electrons. The highest BCUT2D eigenvalue weighted by Crippen LogP contribution is 2.22. The number of rotatable bonds is 12. The molecular weight excluding hydrogens is 512 g/mol. The van der Waals surface area contributed by atoms with Crippen LogP contribution >= 0.6 is 0 Å². The lowest BCUT2D eigenvalue weighted by molar-refractivity contribution is -0.140. The van der Waals surface area contributed by atoms with Gasteiger partial charge in [-0.1, -0.05) is 72.8 Å². The number of nitrogens with zero attached hydrogens (tertiary/aromatic N) is 3. The number of hydrogen-bond donors (Lipinski definition) is 1. The van der Waals surface area contributed by atoms with Gasteiger partial charge >= 0.3 is 10.2 Å². The van der Waals surface area contributed by atoms with Crippen LogP contribution in [0.5, 0.6) is 0 Å². The number of anilines is 1. The minimum absolute atomic E-state index is 0.138. The third-order valence-corrected chi connectivity index (χ3v) is 8.19. The van der Waals surface area contributed by atoms with Gasteiger partial charge in [0.15, 0.2) is 0 Å². The first-order valence-corrected chi connectivity index (χ1v) is 14.3. The summed E-state index contributed by atoms with van der Waals surface area (Å²) in [4.78, 5) is 29.3. The summed E-state index contributed by atoms with van der Waals surface area (Å²) in [5, 5.41) is 2.96. The van der Waals surface area contributed by atoms with E-state index in [0.717, 1.165) is 25.3 Å². The Morgan fingerprint density at radius 3 is 1.97 bits per heavy atom. The van der Waals surface area contributed by atoms with Gasteiger partial charge in [-0.15, -0.1) is 0 Å². The van der Waals surface area contributed by atoms with Crippen LogP contribution in [0, 0.1) is 6.92 Å². The van der Waals surface area contributed by atoms with Crippen molar-refractivity contribution in [1.82, 2.24) is 14.5 Å². The molecule has 0 fully saturated rings. The predicted octanol–water partition coefficient (Wildman–Crippen LogP) is 3.77. The molecule has 0 aliphatic heterocycles. The molecule has 0 aliphatic carbocycles. The SMILES string of the molecule is Cc1ccccc1CN(C(=O)CN(c1ccccc1)S(=O)(=O)N(C)C)[C@@H](Cc1ccccc1)C(=O)NC(C)C. The van der Waals surface area contributed by atoms with Gasteiger partial charge in [-0.05, 0) is 49.6 Å². The highest BCUT2D eigenvalue weighted by Gasteiger charge is 2.35. The van der Waals surface area contributed by atoms with E-state index in [1.54, 1.807) is 30.3 Å². The van der Waals surface area contributed by atoms with Crippen LogP contribution in [0.1, 0.15) is 30.5 Å². The summed E-state index contributed by atoms with van der Waals surface area (Å²) in [6.45, 7) is 5.37. The zero-order valence-electron chi connectivity index (χ0n) is 23.2. The number of amides is 2. The smallest absolute Gasteiger partial charge is 0.304 e. The third kappa shape index (κ3) is 7.91. The van der Waals surface area contributed by atoms with Crippen LogP contribution in [0.2, 0.25) is 0 Å². The minimum Gasteiger partial charge on any atom is -0.352 e. The van der Waals surface area contributed by atoms with Gasteiger partial charge in [-0.2, -0.15) is 12.7 Å². The summed E-state index contributed by atoms with van der Waals surface area (Å²) in [5.74, 6) is -0.773. The number of para-hydroxylation sites is 1. The number of aryl methyl sites for hydroxylation is 1. The maximum atomic E-state index is 14.2. The van der Waals surface area contributed by atoms with Crippen LogP contribution in [-0.4, -0.2) is 62.2 Å². The van der Waals surface area contributed by atoms with Crippen LogP contribution in [0.3, 0.4) is 0 Å². The fourth-order valence-electron chi connectivity index (χ4n) is 4.22. The van der Waals surface area contributed by atoms with Crippen molar-refractivity contribution < 1.29 is 18.0 Å². The van der Waals surface area contributed by atoms with Crippen molar-refractivity contribution in [2.24, 2.45) is 0 Å². The number of hydrogen-bond acceptors (Lipinski definition) is 4. The summed E-state index contributed by atoms with van der Waals surface area (Å²) in [6.07, 6.45) is 0.281. The van der Waals surface area contributed by atoms with Crippen LogP contribution in [0.15, 0.2) is 84.9 Å². The predicted molar refractivity (Wildman–Crippen MR) is 155 cm³/mol. The average Bonchev–Trinajstić information content (AvgIpc) is 2.90. The highest BCUT2D eigenvalue weighted by atomic mass is 32.2. The van der Waals surface area contributed by atoms with E-state index in [2.05, 4.69) is 5.32 Å². The normalized spacial score (nSPS) is 12.3. The first-order valence-electron chi connectivity index (χ1n) is 12.9. The Morgan fingerprint density at radius 1 is 0.846 bits per heavy atom. The van der Waals surface area contributed by atoms with Crippen LogP contribution in [0.4, 0.5) is 5.69 Å². The van der Waals surface area contributed by atoms with E-state index in [-0.39, 0.29) is 24.9 Å². The Balaban J connectivity index is 2.09. The summed E-state index contributed by atoms with van der Waals surface area (Å²) >= 11 is 0. The van der Waals surface area contributed by atoms with E-state index in [0.29, 0.717) is 5.69 Å². The van der Waals surface area contributed by atoms with Crippen molar-refractivity contribution in [3.8, 4) is 0 Å². The Morgan fingerprint density at radius 2 is 1.41 bits per heavy atom. The molecule has 8 nitrogen and oxygen atoms in total. The molecule has 0 heterocycles. The minimum atomic E-state index is -4.01. The third-order valence-electron chi connectivity index (χ3n) is 6.37. The first-order chi connectivity index (χ1) is 18.5. The van der Waals surface area contributed by atoms with Crippen LogP contribution in [0.25, 0.3) is 0 Å². The van der Waals surface area contributed by atoms with Crippen molar-refractivity contribution in [2.45, 2.75) is 45.8 Å². The summed E-state index contributed by atoms with van der Waals surface area (Å²) in [6, 6.07) is 24.7. The molecule has 0 saturated heterocycles. The first kappa shape index (κ1) is 29.9. The van der Waals surface area contributed by atoms with Crippen molar-refractivity contribution in [3.63, 3.8) is 0 Å². The second-order valence-corrected chi connectivity index (χ2v) is 12.0. The number of nitrogens with one attached hydrogen (secondary N) is 1. The molecule has 2 amide bonds. The van der Waals surface area contributed by atoms with Crippen LogP contribution in [-0.2, 0) is 32.8 Å². The molecule has 208 valence electrons. The second kappa shape index (κ2) is 13.4. The van der Waals surface area contributed by atoms with Crippen molar-refractivity contribution in [2.75, 3.05) is 24.9 Å². The van der Waals surface area contributed by atoms with Gasteiger partial charge in [0.05, 0.1) is 5.69 Å². The number of carbonyl (C=O) groups is 2. The molecule has 3 rings (SSSR count). The van der Waals surface area contributed by atoms with Crippen LogP contribution < -0.4 is 9.62 Å². The van der Waals surface area contributed by atoms with Crippen molar-refractivity contribution in [1.29, 1.82) is 0 Å². The summed E-state index contributed by atoms with van der Waals surface area (Å²) < 4.78 is 28.8. The molecule has 0 bridgehead atoms.